The van der Waals surface area contributed by atoms with Gasteiger partial charge in [-0.1, -0.05) is 47.5 Å². The average molecular weight is 638 g/mol. The van der Waals surface area contributed by atoms with Crippen molar-refractivity contribution < 1.29 is 18.1 Å². The number of ether oxygens (including phenoxy) is 1. The fraction of sp³-hybridized carbons (Fsp3) is 0.115. The summed E-state index contributed by atoms with van der Waals surface area (Å²) in [7, 11) is -3.83. The molecule has 0 radical (unpaired) electrons. The summed E-state index contributed by atoms with van der Waals surface area (Å²) in [6.07, 6.45) is 0.436. The number of benzene rings is 3. The van der Waals surface area contributed by atoms with Crippen LogP contribution < -0.4 is 20.1 Å². The third-order valence-corrected chi connectivity index (χ3v) is 9.13. The number of sulfonamides is 1. The first-order valence-electron chi connectivity index (χ1n) is 11.7. The van der Waals surface area contributed by atoms with E-state index >= 15 is 0 Å². The van der Waals surface area contributed by atoms with E-state index in [9.17, 15) is 18.5 Å². The molecule has 0 atom stereocenters. The second-order valence-electron chi connectivity index (χ2n) is 8.23. The Hall–Kier alpha value is -3.26. The van der Waals surface area contributed by atoms with Crippen molar-refractivity contribution in [3.63, 3.8) is 0 Å². The van der Waals surface area contributed by atoms with Crippen LogP contribution in [-0.2, 0) is 10.0 Å². The zero-order valence-electron chi connectivity index (χ0n) is 20.6. The number of nitro benzene ring substituents is 1. The number of nitrogens with zero attached hydrogens (tertiary/aromatic N) is 1. The first-order chi connectivity index (χ1) is 19.1. The lowest BCUT2D eigenvalue weighted by atomic mass is 10.1. The number of non-ortho nitro benzene ring substituents is 1. The molecule has 3 N–H and O–H groups in total. The Balaban J connectivity index is 1.36. The van der Waals surface area contributed by atoms with Crippen molar-refractivity contribution >= 4 is 73.3 Å². The van der Waals surface area contributed by atoms with Crippen molar-refractivity contribution in [2.75, 3.05) is 18.4 Å². The van der Waals surface area contributed by atoms with Gasteiger partial charge in [0.05, 0.1) is 9.95 Å². The molecule has 4 aromatic rings. The van der Waals surface area contributed by atoms with E-state index in [2.05, 4.69) is 15.4 Å². The highest BCUT2D eigenvalue weighted by molar-refractivity contribution is 7.91. The van der Waals surface area contributed by atoms with Gasteiger partial charge in [-0.25, -0.2) is 13.1 Å². The van der Waals surface area contributed by atoms with Gasteiger partial charge in [0.1, 0.15) is 15.7 Å². The number of para-hydroxylation sites is 1. The smallest absolute Gasteiger partial charge is 0.271 e. The molecule has 1 aromatic heterocycles. The summed E-state index contributed by atoms with van der Waals surface area (Å²) in [6, 6.07) is 19.6. The van der Waals surface area contributed by atoms with Crippen LogP contribution in [0.4, 0.5) is 11.4 Å². The molecule has 0 amide bonds. The third kappa shape index (κ3) is 7.68. The fourth-order valence-electron chi connectivity index (χ4n) is 3.59. The van der Waals surface area contributed by atoms with Crippen molar-refractivity contribution in [3.05, 3.63) is 98.3 Å². The molecule has 0 unspecified atom stereocenters. The monoisotopic (exact) mass is 636 g/mol. The molecule has 0 fully saturated rings. The maximum absolute atomic E-state index is 13.2. The maximum atomic E-state index is 13.2. The molecule has 0 spiro atoms. The standard InChI is InChI=1S/C26H22Cl2N4O5S3/c27-17-9-10-24(22(28)15-17)37-23-8-2-1-7-20(23)21-11-14-39-25(21)40(35,36)30-13-4-12-29-26(38)31-18-5-3-6-19(16-18)32(33)34/h1-3,5-11,14-16,30H,4,12-13H2,(H2,29,31,38). The predicted octanol–water partition coefficient (Wildman–Crippen LogP) is 7.08. The van der Waals surface area contributed by atoms with E-state index in [0.717, 1.165) is 11.3 Å². The predicted molar refractivity (Wildman–Crippen MR) is 163 cm³/mol. The van der Waals surface area contributed by atoms with Crippen LogP contribution in [0.3, 0.4) is 0 Å². The Kier molecular flexibility index (Phi) is 9.95. The number of thiocarbonyl (C=S) groups is 1. The van der Waals surface area contributed by atoms with Gasteiger partial charge in [0, 0.05) is 47.1 Å². The van der Waals surface area contributed by atoms with Crippen molar-refractivity contribution in [3.8, 4) is 22.6 Å². The van der Waals surface area contributed by atoms with Crippen LogP contribution in [0, 0.1) is 10.1 Å². The van der Waals surface area contributed by atoms with Gasteiger partial charge in [-0.2, -0.15) is 0 Å². The van der Waals surface area contributed by atoms with Gasteiger partial charge in [0.15, 0.2) is 5.11 Å². The van der Waals surface area contributed by atoms with Crippen LogP contribution in [0.5, 0.6) is 11.5 Å². The normalized spacial score (nSPS) is 11.2. The number of rotatable bonds is 11. The summed E-state index contributed by atoms with van der Waals surface area (Å²) in [5.74, 6) is 0.831. The Labute approximate surface area is 250 Å². The number of hydrogen-bond acceptors (Lipinski definition) is 7. The van der Waals surface area contributed by atoms with E-state index in [4.69, 9.17) is 40.2 Å². The van der Waals surface area contributed by atoms with E-state index < -0.39 is 14.9 Å². The van der Waals surface area contributed by atoms with E-state index in [1.165, 1.54) is 12.1 Å². The molecule has 1 heterocycles. The summed E-state index contributed by atoms with van der Waals surface area (Å²) in [4.78, 5) is 10.4. The van der Waals surface area contributed by atoms with Crippen LogP contribution >= 0.6 is 46.8 Å². The lowest BCUT2D eigenvalue weighted by molar-refractivity contribution is -0.384. The lowest BCUT2D eigenvalue weighted by Crippen LogP contribution is -2.32. The van der Waals surface area contributed by atoms with Crippen molar-refractivity contribution in [1.29, 1.82) is 0 Å². The molecule has 14 heteroatoms. The quantitative estimate of drug-likeness (QED) is 0.0691. The van der Waals surface area contributed by atoms with Crippen LogP contribution in [0.2, 0.25) is 10.0 Å². The molecular formula is C26H22Cl2N4O5S3. The molecule has 4 rings (SSSR count). The average Bonchev–Trinajstić information content (AvgIpc) is 3.41. The summed E-state index contributed by atoms with van der Waals surface area (Å²) in [5, 5.41) is 19.5. The van der Waals surface area contributed by atoms with Crippen molar-refractivity contribution in [2.45, 2.75) is 10.6 Å². The van der Waals surface area contributed by atoms with Gasteiger partial charge < -0.3 is 15.4 Å². The topological polar surface area (TPSA) is 123 Å². The van der Waals surface area contributed by atoms with Crippen LogP contribution in [-0.4, -0.2) is 31.5 Å². The minimum Gasteiger partial charge on any atom is -0.455 e. The van der Waals surface area contributed by atoms with Crippen molar-refractivity contribution in [1.82, 2.24) is 10.0 Å². The van der Waals surface area contributed by atoms with Crippen LogP contribution in [0.25, 0.3) is 11.1 Å². The Morgan fingerprint density at radius 2 is 1.77 bits per heavy atom. The number of nitro groups is 1. The summed E-state index contributed by atoms with van der Waals surface area (Å²) < 4.78 is 35.2. The molecule has 40 heavy (non-hydrogen) atoms. The van der Waals surface area contributed by atoms with Gasteiger partial charge >= 0.3 is 0 Å². The molecule has 9 nitrogen and oxygen atoms in total. The maximum Gasteiger partial charge on any atom is 0.271 e. The van der Waals surface area contributed by atoms with E-state index in [-0.39, 0.29) is 21.6 Å². The van der Waals surface area contributed by atoms with E-state index in [1.54, 1.807) is 66.0 Å². The first kappa shape index (κ1) is 29.7. The van der Waals surface area contributed by atoms with Gasteiger partial charge in [0.2, 0.25) is 0 Å². The minimum atomic E-state index is -3.83. The van der Waals surface area contributed by atoms with Gasteiger partial charge in [-0.05, 0) is 60.4 Å². The minimum absolute atomic E-state index is 0.0573. The van der Waals surface area contributed by atoms with Crippen LogP contribution in [0.1, 0.15) is 6.42 Å². The first-order valence-corrected chi connectivity index (χ1v) is 15.3. The molecule has 208 valence electrons. The molecular weight excluding hydrogens is 615 g/mol. The SMILES string of the molecule is O=[N+]([O-])c1cccc(NC(=S)NCCCNS(=O)(=O)c2sccc2-c2ccccc2Oc2ccc(Cl)cc2Cl)c1. The molecule has 0 aliphatic heterocycles. The largest absolute Gasteiger partial charge is 0.455 e. The van der Waals surface area contributed by atoms with Gasteiger partial charge in [-0.15, -0.1) is 11.3 Å². The summed E-state index contributed by atoms with van der Waals surface area (Å²) in [6.45, 7) is 0.531. The molecule has 3 aromatic carbocycles. The summed E-state index contributed by atoms with van der Waals surface area (Å²) in [5.41, 5.74) is 1.51. The zero-order chi connectivity index (χ0) is 28.7. The fourth-order valence-corrected chi connectivity index (χ4v) is 6.75. The summed E-state index contributed by atoms with van der Waals surface area (Å²) >= 11 is 18.6. The zero-order valence-corrected chi connectivity index (χ0v) is 24.6. The van der Waals surface area contributed by atoms with Gasteiger partial charge in [0.25, 0.3) is 15.7 Å². The highest BCUT2D eigenvalue weighted by Crippen LogP contribution is 2.40. The molecule has 0 saturated heterocycles. The molecule has 0 aliphatic rings. The van der Waals surface area contributed by atoms with Crippen LogP contribution in [0.15, 0.2) is 82.4 Å². The number of hydrogen-bond donors (Lipinski definition) is 3. The molecule has 0 bridgehead atoms. The Morgan fingerprint density at radius 1 is 0.975 bits per heavy atom. The number of nitrogens with one attached hydrogen (secondary N) is 3. The second-order valence-corrected chi connectivity index (χ2v) is 12.4. The number of halogens is 2. The third-order valence-electron chi connectivity index (χ3n) is 5.41. The Bertz CT molecular complexity index is 1650. The van der Waals surface area contributed by atoms with E-state index in [0.29, 0.717) is 51.3 Å². The Morgan fingerprint density at radius 3 is 2.55 bits per heavy atom. The highest BCUT2D eigenvalue weighted by atomic mass is 35.5. The van der Waals surface area contributed by atoms with Gasteiger partial charge in [-0.3, -0.25) is 10.1 Å². The molecule has 0 saturated carbocycles. The molecule has 0 aliphatic carbocycles. The van der Waals surface area contributed by atoms with Crippen molar-refractivity contribution in [2.24, 2.45) is 0 Å². The van der Waals surface area contributed by atoms with E-state index in [1.807, 2.05) is 0 Å². The second kappa shape index (κ2) is 13.4. The number of thiophene rings is 1. The highest BCUT2D eigenvalue weighted by Gasteiger charge is 2.23. The number of anilines is 1. The lowest BCUT2D eigenvalue weighted by Gasteiger charge is -2.14.